The smallest absolute Gasteiger partial charge is 0.0117 e. The average molecular weight is 198 g/mol. The Morgan fingerprint density at radius 3 is 2.64 bits per heavy atom. The number of hydrogen-bond donors (Lipinski definition) is 1. The normalized spacial score (nSPS) is 29.4. The van der Waals surface area contributed by atoms with Crippen molar-refractivity contribution in [1.29, 1.82) is 0 Å². The molecule has 1 saturated heterocycles. The van der Waals surface area contributed by atoms with Crippen LogP contribution in [0.5, 0.6) is 0 Å². The zero-order chi connectivity index (χ0) is 10.4. The molecule has 1 aliphatic heterocycles. The van der Waals surface area contributed by atoms with E-state index >= 15 is 0 Å². The molecule has 1 aliphatic rings. The first-order chi connectivity index (χ1) is 6.77. The topological polar surface area (TPSA) is 15.3 Å². The Balaban J connectivity index is 2.24. The molecule has 2 nitrogen and oxygen atoms in total. The Kier molecular flexibility index (Phi) is 5.49. The van der Waals surface area contributed by atoms with Crippen molar-refractivity contribution in [2.75, 3.05) is 26.2 Å². The van der Waals surface area contributed by atoms with Crippen molar-refractivity contribution in [2.45, 2.75) is 46.1 Å². The van der Waals surface area contributed by atoms with Crippen molar-refractivity contribution in [3.05, 3.63) is 0 Å². The second-order valence-corrected chi connectivity index (χ2v) is 4.63. The monoisotopic (exact) mass is 198 g/mol. The van der Waals surface area contributed by atoms with E-state index in [-0.39, 0.29) is 0 Å². The van der Waals surface area contributed by atoms with Gasteiger partial charge in [0.1, 0.15) is 0 Å². The summed E-state index contributed by atoms with van der Waals surface area (Å²) in [5.74, 6) is 0.821. The van der Waals surface area contributed by atoms with Gasteiger partial charge < -0.3 is 10.2 Å². The van der Waals surface area contributed by atoms with E-state index in [9.17, 15) is 0 Å². The van der Waals surface area contributed by atoms with Crippen LogP contribution in [0.2, 0.25) is 0 Å². The average Bonchev–Trinajstić information content (AvgIpc) is 2.17. The molecular formula is C12H26N2. The summed E-state index contributed by atoms with van der Waals surface area (Å²) in [7, 11) is 0. The molecule has 0 radical (unpaired) electrons. The van der Waals surface area contributed by atoms with Crippen LogP contribution in [0.15, 0.2) is 0 Å². The van der Waals surface area contributed by atoms with Gasteiger partial charge in [-0.1, -0.05) is 20.8 Å². The van der Waals surface area contributed by atoms with Crippen LogP contribution in [0.1, 0.15) is 40.0 Å². The summed E-state index contributed by atoms with van der Waals surface area (Å²) in [6.07, 6.45) is 3.88. The highest BCUT2D eigenvalue weighted by Gasteiger charge is 2.24. The van der Waals surface area contributed by atoms with E-state index < -0.39 is 0 Å². The molecule has 14 heavy (non-hydrogen) atoms. The van der Waals surface area contributed by atoms with Gasteiger partial charge in [0, 0.05) is 12.6 Å². The third kappa shape index (κ3) is 3.58. The van der Waals surface area contributed by atoms with Crippen molar-refractivity contribution in [3.63, 3.8) is 0 Å². The van der Waals surface area contributed by atoms with Gasteiger partial charge in [0.2, 0.25) is 0 Å². The molecule has 1 fully saturated rings. The van der Waals surface area contributed by atoms with Crippen LogP contribution in [0.4, 0.5) is 0 Å². The Morgan fingerprint density at radius 2 is 2.07 bits per heavy atom. The van der Waals surface area contributed by atoms with Crippen LogP contribution in [-0.2, 0) is 0 Å². The highest BCUT2D eigenvalue weighted by molar-refractivity contribution is 4.82. The highest BCUT2D eigenvalue weighted by atomic mass is 15.1. The lowest BCUT2D eigenvalue weighted by atomic mass is 9.93. The minimum absolute atomic E-state index is 0.767. The molecule has 0 saturated carbocycles. The maximum absolute atomic E-state index is 3.66. The molecule has 0 aromatic heterocycles. The van der Waals surface area contributed by atoms with E-state index in [0.29, 0.717) is 0 Å². The van der Waals surface area contributed by atoms with Gasteiger partial charge in [-0.05, 0) is 44.8 Å². The number of piperidine rings is 1. The molecule has 1 N–H and O–H groups in total. The zero-order valence-electron chi connectivity index (χ0n) is 10.1. The lowest BCUT2D eigenvalue weighted by Crippen LogP contribution is -2.48. The van der Waals surface area contributed by atoms with Gasteiger partial charge in [-0.2, -0.15) is 0 Å². The van der Waals surface area contributed by atoms with Gasteiger partial charge in [-0.25, -0.2) is 0 Å². The Labute approximate surface area is 89.1 Å². The van der Waals surface area contributed by atoms with Crippen molar-refractivity contribution < 1.29 is 0 Å². The first-order valence-corrected chi connectivity index (χ1v) is 6.23. The third-order valence-corrected chi connectivity index (χ3v) is 3.19. The SMILES string of the molecule is CCCNC1CCN(CCC)CC1C. The summed E-state index contributed by atoms with van der Waals surface area (Å²) in [5, 5.41) is 3.66. The number of hydrogen-bond acceptors (Lipinski definition) is 2. The molecular weight excluding hydrogens is 172 g/mol. The molecule has 2 atom stereocenters. The van der Waals surface area contributed by atoms with E-state index in [1.165, 1.54) is 45.4 Å². The minimum Gasteiger partial charge on any atom is -0.314 e. The standard InChI is InChI=1S/C12H26N2/c1-4-7-13-12-6-9-14(8-5-2)10-11(12)3/h11-13H,4-10H2,1-3H3. The van der Waals surface area contributed by atoms with Gasteiger partial charge in [-0.3, -0.25) is 0 Å². The summed E-state index contributed by atoms with van der Waals surface area (Å²) in [6.45, 7) is 11.9. The van der Waals surface area contributed by atoms with Crippen LogP contribution >= 0.6 is 0 Å². The molecule has 2 unspecified atom stereocenters. The molecule has 0 amide bonds. The number of likely N-dealkylation sites (tertiary alicyclic amines) is 1. The quantitative estimate of drug-likeness (QED) is 0.728. The molecule has 0 bridgehead atoms. The van der Waals surface area contributed by atoms with Crippen LogP contribution < -0.4 is 5.32 Å². The summed E-state index contributed by atoms with van der Waals surface area (Å²) in [5.41, 5.74) is 0. The summed E-state index contributed by atoms with van der Waals surface area (Å²) < 4.78 is 0. The molecule has 0 aromatic carbocycles. The maximum atomic E-state index is 3.66. The zero-order valence-corrected chi connectivity index (χ0v) is 10.1. The number of nitrogens with zero attached hydrogens (tertiary/aromatic N) is 1. The van der Waals surface area contributed by atoms with Gasteiger partial charge in [0.15, 0.2) is 0 Å². The van der Waals surface area contributed by atoms with Crippen LogP contribution in [-0.4, -0.2) is 37.1 Å². The van der Waals surface area contributed by atoms with E-state index in [0.717, 1.165) is 12.0 Å². The second-order valence-electron chi connectivity index (χ2n) is 4.63. The van der Waals surface area contributed by atoms with Crippen molar-refractivity contribution >= 4 is 0 Å². The summed E-state index contributed by atoms with van der Waals surface area (Å²) in [6, 6.07) is 0.767. The van der Waals surface area contributed by atoms with Crippen molar-refractivity contribution in [1.82, 2.24) is 10.2 Å². The van der Waals surface area contributed by atoms with Crippen molar-refractivity contribution in [2.24, 2.45) is 5.92 Å². The van der Waals surface area contributed by atoms with E-state index in [4.69, 9.17) is 0 Å². The van der Waals surface area contributed by atoms with Gasteiger partial charge >= 0.3 is 0 Å². The van der Waals surface area contributed by atoms with Crippen LogP contribution in [0.25, 0.3) is 0 Å². The van der Waals surface area contributed by atoms with Crippen LogP contribution in [0, 0.1) is 5.92 Å². The van der Waals surface area contributed by atoms with Gasteiger partial charge in [-0.15, -0.1) is 0 Å². The molecule has 0 aliphatic carbocycles. The predicted molar refractivity (Wildman–Crippen MR) is 62.6 cm³/mol. The Bertz CT molecular complexity index is 147. The van der Waals surface area contributed by atoms with E-state index in [1.807, 2.05) is 0 Å². The van der Waals surface area contributed by atoms with Crippen molar-refractivity contribution in [3.8, 4) is 0 Å². The fraction of sp³-hybridized carbons (Fsp3) is 1.00. The highest BCUT2D eigenvalue weighted by Crippen LogP contribution is 2.16. The molecule has 0 spiro atoms. The summed E-state index contributed by atoms with van der Waals surface area (Å²) in [4.78, 5) is 2.61. The molecule has 1 heterocycles. The summed E-state index contributed by atoms with van der Waals surface area (Å²) >= 11 is 0. The predicted octanol–water partition coefficient (Wildman–Crippen LogP) is 2.11. The third-order valence-electron chi connectivity index (χ3n) is 3.19. The largest absolute Gasteiger partial charge is 0.314 e. The Hall–Kier alpha value is -0.0800. The fourth-order valence-electron chi connectivity index (χ4n) is 2.38. The fourth-order valence-corrected chi connectivity index (χ4v) is 2.38. The van der Waals surface area contributed by atoms with E-state index in [1.54, 1.807) is 0 Å². The Morgan fingerprint density at radius 1 is 1.29 bits per heavy atom. The lowest BCUT2D eigenvalue weighted by molar-refractivity contribution is 0.148. The number of rotatable bonds is 5. The first kappa shape index (κ1) is 12.0. The van der Waals surface area contributed by atoms with Crippen LogP contribution in [0.3, 0.4) is 0 Å². The maximum Gasteiger partial charge on any atom is 0.0117 e. The van der Waals surface area contributed by atoms with Gasteiger partial charge in [0.25, 0.3) is 0 Å². The molecule has 0 aromatic rings. The van der Waals surface area contributed by atoms with E-state index in [2.05, 4.69) is 31.0 Å². The lowest BCUT2D eigenvalue weighted by Gasteiger charge is -2.37. The molecule has 2 heteroatoms. The second kappa shape index (κ2) is 6.41. The van der Waals surface area contributed by atoms with Gasteiger partial charge in [0.05, 0.1) is 0 Å². The minimum atomic E-state index is 0.767. The first-order valence-electron chi connectivity index (χ1n) is 6.23. The molecule has 84 valence electrons. The molecule has 1 rings (SSSR count). The number of nitrogens with one attached hydrogen (secondary N) is 1.